The van der Waals surface area contributed by atoms with Gasteiger partial charge in [-0.3, -0.25) is 14.4 Å². The SMILES string of the molecule is O=C(O)[C@H](Cc1c[nH]c2ccccc12)NC(=O)[C@H](Cc1ccccc1)NC(=O)[C@H](Cc1ccccc1)NC(=O)[C@@H]1CCCN1. The molecule has 0 radical (unpaired) electrons. The number of aromatic amines is 1. The van der Waals surface area contributed by atoms with Crippen LogP contribution >= 0.6 is 0 Å². The quantitative estimate of drug-likeness (QED) is 0.140. The number of carbonyl (C=O) groups is 4. The number of nitrogens with one attached hydrogen (secondary N) is 5. The minimum Gasteiger partial charge on any atom is -0.480 e. The Morgan fingerprint density at radius 2 is 1.30 bits per heavy atom. The van der Waals surface area contributed by atoms with E-state index < -0.39 is 35.9 Å². The Kier molecular flexibility index (Phi) is 10.0. The molecule has 1 aliphatic rings. The molecule has 4 atom stereocenters. The number of fused-ring (bicyclic) bond motifs is 1. The van der Waals surface area contributed by atoms with Crippen LogP contribution in [-0.2, 0) is 38.4 Å². The van der Waals surface area contributed by atoms with Crippen molar-refractivity contribution in [2.75, 3.05) is 6.54 Å². The lowest BCUT2D eigenvalue weighted by molar-refractivity contribution is -0.142. The Bertz CT molecular complexity index is 1580. The number of carboxylic acids is 1. The van der Waals surface area contributed by atoms with E-state index in [9.17, 15) is 24.3 Å². The second-order valence-corrected chi connectivity index (χ2v) is 11.1. The zero-order valence-electron chi connectivity index (χ0n) is 24.3. The summed E-state index contributed by atoms with van der Waals surface area (Å²) < 4.78 is 0. The van der Waals surface area contributed by atoms with Crippen LogP contribution < -0.4 is 21.3 Å². The number of hydrogen-bond donors (Lipinski definition) is 6. The first-order valence-electron chi connectivity index (χ1n) is 14.9. The molecule has 0 saturated carbocycles. The van der Waals surface area contributed by atoms with Crippen molar-refractivity contribution in [2.45, 2.75) is 56.3 Å². The Morgan fingerprint density at radius 1 is 0.727 bits per heavy atom. The summed E-state index contributed by atoms with van der Waals surface area (Å²) in [7, 11) is 0. The third-order valence-electron chi connectivity index (χ3n) is 7.92. The van der Waals surface area contributed by atoms with Gasteiger partial charge in [-0.1, -0.05) is 78.9 Å². The number of hydrogen-bond acceptors (Lipinski definition) is 5. The van der Waals surface area contributed by atoms with Gasteiger partial charge in [0.25, 0.3) is 0 Å². The summed E-state index contributed by atoms with van der Waals surface area (Å²) in [6.45, 7) is 0.732. The topological polar surface area (TPSA) is 152 Å². The molecule has 228 valence electrons. The van der Waals surface area contributed by atoms with Crippen molar-refractivity contribution in [3.63, 3.8) is 0 Å². The number of aromatic nitrogens is 1. The smallest absolute Gasteiger partial charge is 0.326 e. The summed E-state index contributed by atoms with van der Waals surface area (Å²) in [6, 6.07) is 22.4. The number of benzene rings is 3. The Hall–Kier alpha value is -4.96. The number of carbonyl (C=O) groups excluding carboxylic acids is 3. The Morgan fingerprint density at radius 3 is 1.89 bits per heavy atom. The van der Waals surface area contributed by atoms with Crippen molar-refractivity contribution in [1.29, 1.82) is 0 Å². The first-order valence-corrected chi connectivity index (χ1v) is 14.9. The maximum absolute atomic E-state index is 13.8. The van der Waals surface area contributed by atoms with E-state index in [1.807, 2.05) is 84.9 Å². The van der Waals surface area contributed by atoms with Crippen LogP contribution in [0, 0.1) is 0 Å². The molecule has 1 fully saturated rings. The molecule has 3 amide bonds. The molecule has 0 unspecified atom stereocenters. The summed E-state index contributed by atoms with van der Waals surface area (Å²) in [6.07, 6.45) is 3.70. The summed E-state index contributed by atoms with van der Waals surface area (Å²) in [5.74, 6) is -2.62. The molecule has 0 aliphatic carbocycles. The van der Waals surface area contributed by atoms with E-state index in [-0.39, 0.29) is 31.2 Å². The minimum absolute atomic E-state index is 0.0537. The molecule has 1 aliphatic heterocycles. The van der Waals surface area contributed by atoms with E-state index in [1.165, 1.54) is 0 Å². The fourth-order valence-electron chi connectivity index (χ4n) is 5.56. The molecule has 44 heavy (non-hydrogen) atoms. The van der Waals surface area contributed by atoms with E-state index in [0.29, 0.717) is 6.42 Å². The van der Waals surface area contributed by atoms with Gasteiger partial charge < -0.3 is 31.4 Å². The molecule has 1 saturated heterocycles. The number of carboxylic acid groups (broad SMARTS) is 1. The number of H-pyrrole nitrogens is 1. The number of rotatable bonds is 13. The van der Waals surface area contributed by atoms with Gasteiger partial charge in [0, 0.05) is 36.4 Å². The Balaban J connectivity index is 1.35. The first-order chi connectivity index (χ1) is 21.4. The molecule has 1 aromatic heterocycles. The fourth-order valence-corrected chi connectivity index (χ4v) is 5.56. The van der Waals surface area contributed by atoms with Crippen LogP contribution in [0.3, 0.4) is 0 Å². The summed E-state index contributed by atoms with van der Waals surface area (Å²) in [5.41, 5.74) is 3.26. The van der Waals surface area contributed by atoms with Crippen molar-refractivity contribution in [1.82, 2.24) is 26.3 Å². The molecule has 0 spiro atoms. The maximum Gasteiger partial charge on any atom is 0.326 e. The molecule has 5 rings (SSSR count). The van der Waals surface area contributed by atoms with Crippen LogP contribution in [-0.4, -0.2) is 64.5 Å². The molecule has 0 bridgehead atoms. The normalized spacial score (nSPS) is 16.5. The highest BCUT2D eigenvalue weighted by atomic mass is 16.4. The van der Waals surface area contributed by atoms with Crippen LogP contribution in [0.4, 0.5) is 0 Å². The highest BCUT2D eigenvalue weighted by molar-refractivity contribution is 5.94. The number of para-hydroxylation sites is 1. The van der Waals surface area contributed by atoms with Gasteiger partial charge in [-0.15, -0.1) is 0 Å². The van der Waals surface area contributed by atoms with Crippen molar-refractivity contribution >= 4 is 34.6 Å². The van der Waals surface area contributed by atoms with Crippen LogP contribution in [0.2, 0.25) is 0 Å². The molecule has 4 aromatic rings. The lowest BCUT2D eigenvalue weighted by Crippen LogP contribution is -2.58. The summed E-state index contributed by atoms with van der Waals surface area (Å²) in [4.78, 5) is 55.9. The third-order valence-corrected chi connectivity index (χ3v) is 7.92. The Labute approximate surface area is 255 Å². The van der Waals surface area contributed by atoms with E-state index in [4.69, 9.17) is 0 Å². The van der Waals surface area contributed by atoms with E-state index in [0.717, 1.165) is 40.6 Å². The van der Waals surface area contributed by atoms with Gasteiger partial charge in [0.15, 0.2) is 0 Å². The average Bonchev–Trinajstić information content (AvgIpc) is 3.72. The average molecular weight is 596 g/mol. The van der Waals surface area contributed by atoms with Gasteiger partial charge in [0.05, 0.1) is 6.04 Å². The highest BCUT2D eigenvalue weighted by Gasteiger charge is 2.32. The summed E-state index contributed by atoms with van der Waals surface area (Å²) in [5, 5.41) is 22.4. The van der Waals surface area contributed by atoms with Crippen molar-refractivity contribution in [3.8, 4) is 0 Å². The standard InChI is InChI=1S/C34H37N5O5/c40-31(27-16-9-17-35-27)37-28(18-22-10-3-1-4-11-22)32(41)38-29(19-23-12-5-2-6-13-23)33(42)39-30(34(43)44)20-24-21-36-26-15-8-7-14-25(24)26/h1-8,10-15,21,27-30,35-36H,9,16-20H2,(H,37,40)(H,38,41)(H,39,42)(H,43,44)/t27-,28-,29-,30-/m0/s1. The molecule has 2 heterocycles. The summed E-state index contributed by atoms with van der Waals surface area (Å²) >= 11 is 0. The highest BCUT2D eigenvalue weighted by Crippen LogP contribution is 2.19. The van der Waals surface area contributed by atoms with Crippen molar-refractivity contribution < 1.29 is 24.3 Å². The van der Waals surface area contributed by atoms with E-state index in [2.05, 4.69) is 26.3 Å². The predicted octanol–water partition coefficient (Wildman–Crippen LogP) is 2.49. The molecule has 3 aromatic carbocycles. The van der Waals surface area contributed by atoms with Gasteiger partial charge >= 0.3 is 5.97 Å². The van der Waals surface area contributed by atoms with Crippen molar-refractivity contribution in [3.05, 3.63) is 108 Å². The fraction of sp³-hybridized carbons (Fsp3) is 0.294. The predicted molar refractivity (Wildman–Crippen MR) is 167 cm³/mol. The van der Waals surface area contributed by atoms with Gasteiger partial charge in [-0.2, -0.15) is 0 Å². The second-order valence-electron chi connectivity index (χ2n) is 11.1. The number of amides is 3. The molecular weight excluding hydrogens is 558 g/mol. The largest absolute Gasteiger partial charge is 0.480 e. The molecular formula is C34H37N5O5. The van der Waals surface area contributed by atoms with Crippen LogP contribution in [0.15, 0.2) is 91.1 Å². The van der Waals surface area contributed by atoms with E-state index >= 15 is 0 Å². The zero-order valence-corrected chi connectivity index (χ0v) is 24.3. The van der Waals surface area contributed by atoms with Crippen molar-refractivity contribution in [2.24, 2.45) is 0 Å². The minimum atomic E-state index is -1.23. The lowest BCUT2D eigenvalue weighted by Gasteiger charge is -2.25. The van der Waals surface area contributed by atoms with E-state index in [1.54, 1.807) is 6.20 Å². The van der Waals surface area contributed by atoms with Crippen LogP contribution in [0.5, 0.6) is 0 Å². The number of aliphatic carboxylic acids is 1. The lowest BCUT2D eigenvalue weighted by atomic mass is 10.0. The van der Waals surface area contributed by atoms with Crippen LogP contribution in [0.1, 0.15) is 29.5 Å². The monoisotopic (exact) mass is 595 g/mol. The van der Waals surface area contributed by atoms with Gasteiger partial charge in [0.2, 0.25) is 17.7 Å². The van der Waals surface area contributed by atoms with Gasteiger partial charge in [-0.05, 0) is 42.1 Å². The van der Waals surface area contributed by atoms with Gasteiger partial charge in [0.1, 0.15) is 18.1 Å². The molecule has 10 nitrogen and oxygen atoms in total. The second kappa shape index (κ2) is 14.5. The first kappa shape index (κ1) is 30.5. The molecule has 6 N–H and O–H groups in total. The third kappa shape index (κ3) is 7.90. The van der Waals surface area contributed by atoms with Crippen LogP contribution in [0.25, 0.3) is 10.9 Å². The maximum atomic E-state index is 13.8. The zero-order chi connectivity index (χ0) is 30.9. The molecule has 10 heteroatoms. The van der Waals surface area contributed by atoms with Gasteiger partial charge in [-0.25, -0.2) is 4.79 Å².